The molecule has 5 aliphatic rings. The summed E-state index contributed by atoms with van der Waals surface area (Å²) in [6.45, 7) is 0.129. The molecule has 1 heterocycles. The van der Waals surface area contributed by atoms with Crippen LogP contribution < -0.4 is 0 Å². The molecular weight excluding hydrogens is 271 g/mol. The first kappa shape index (κ1) is 12.7. The van der Waals surface area contributed by atoms with Gasteiger partial charge in [0.1, 0.15) is 6.61 Å². The third-order valence-corrected chi connectivity index (χ3v) is 6.09. The Hall–Kier alpha value is 0.0300. The van der Waals surface area contributed by atoms with Crippen LogP contribution in [0.5, 0.6) is 0 Å². The van der Waals surface area contributed by atoms with E-state index in [1.54, 1.807) is 0 Å². The molecule has 4 aliphatic carbocycles. The summed E-state index contributed by atoms with van der Waals surface area (Å²) < 4.78 is 16.3. The fraction of sp³-hybridized carbons (Fsp3) is 1.00. The second-order valence-electron chi connectivity index (χ2n) is 6.88. The zero-order chi connectivity index (χ0) is 13.3. The topological polar surface area (TPSA) is 85.2 Å². The molecule has 0 aromatic heterocycles. The zero-order valence-corrected chi connectivity index (χ0v) is 11.6. The van der Waals surface area contributed by atoms with Gasteiger partial charge in [0, 0.05) is 5.41 Å². The van der Waals surface area contributed by atoms with Gasteiger partial charge in [-0.05, 0) is 56.3 Å². The van der Waals surface area contributed by atoms with E-state index < -0.39 is 13.6 Å². The molecule has 4 saturated carbocycles. The molecule has 0 radical (unpaired) electrons. The van der Waals surface area contributed by atoms with E-state index in [1.165, 1.54) is 19.3 Å². The zero-order valence-electron chi connectivity index (χ0n) is 10.7. The normalized spacial score (nSPS) is 52.2. The Morgan fingerprint density at radius 3 is 1.84 bits per heavy atom. The van der Waals surface area contributed by atoms with E-state index in [9.17, 15) is 14.4 Å². The van der Waals surface area contributed by atoms with Gasteiger partial charge in [-0.15, -0.1) is 0 Å². The van der Waals surface area contributed by atoms with Gasteiger partial charge in [-0.1, -0.05) is 0 Å². The van der Waals surface area contributed by atoms with Crippen molar-refractivity contribution in [2.45, 2.75) is 44.3 Å². The molecule has 4 bridgehead atoms. The van der Waals surface area contributed by atoms with E-state index in [4.69, 9.17) is 14.3 Å². The van der Waals surface area contributed by atoms with E-state index in [0.29, 0.717) is 17.8 Å². The monoisotopic (exact) mass is 290 g/mol. The van der Waals surface area contributed by atoms with Gasteiger partial charge in [0.05, 0.1) is 0 Å². The lowest BCUT2D eigenvalue weighted by Gasteiger charge is -2.63. The lowest BCUT2D eigenvalue weighted by Crippen LogP contribution is -2.66. The largest absolute Gasteiger partial charge is 0.472 e. The highest BCUT2D eigenvalue weighted by Crippen LogP contribution is 2.67. The summed E-state index contributed by atoms with van der Waals surface area (Å²) in [7, 11) is -4.58. The van der Waals surface area contributed by atoms with Crippen LogP contribution in [0, 0.1) is 23.2 Å². The average Bonchev–Trinajstić information content (AvgIpc) is 2.19. The molecule has 0 amide bonds. The fourth-order valence-corrected chi connectivity index (χ4v) is 5.98. The van der Waals surface area contributed by atoms with E-state index >= 15 is 0 Å². The third-order valence-electron chi connectivity index (χ3n) is 5.56. The van der Waals surface area contributed by atoms with Gasteiger partial charge >= 0.3 is 7.82 Å². The number of phosphoric ester groups is 1. The maximum Gasteiger partial charge on any atom is 0.472 e. The molecule has 0 spiro atoms. The van der Waals surface area contributed by atoms with E-state index in [1.807, 2.05) is 0 Å². The molecule has 0 aromatic carbocycles. The summed E-state index contributed by atoms with van der Waals surface area (Å²) in [5.74, 6) is 0.760. The summed E-state index contributed by atoms with van der Waals surface area (Å²) in [6, 6.07) is 0. The Labute approximate surface area is 111 Å². The molecular formula is C12H19O6P. The van der Waals surface area contributed by atoms with Crippen LogP contribution in [0.3, 0.4) is 0 Å². The van der Waals surface area contributed by atoms with Crippen molar-refractivity contribution >= 4 is 7.82 Å². The van der Waals surface area contributed by atoms with Crippen LogP contribution in [-0.4, -0.2) is 22.2 Å². The Balaban J connectivity index is 1.68. The van der Waals surface area contributed by atoms with Crippen molar-refractivity contribution in [1.82, 2.24) is 0 Å². The predicted octanol–water partition coefficient (Wildman–Crippen LogP) is 1.97. The van der Waals surface area contributed by atoms with Gasteiger partial charge in [0.2, 0.25) is 5.79 Å². The standard InChI is InChI=1S/C12H19O6P/c13-19(14,15)18-12(7-16-17-12)11-4-8-1-9(5-11)3-10(2-8)6-11/h8-10H,1-7H2,(H2,13,14,15). The van der Waals surface area contributed by atoms with Crippen molar-refractivity contribution < 1.29 is 28.7 Å². The lowest BCUT2D eigenvalue weighted by atomic mass is 9.47. The average molecular weight is 290 g/mol. The Bertz CT molecular complexity index is 404. The minimum atomic E-state index is -4.58. The molecule has 5 rings (SSSR count). The lowest BCUT2D eigenvalue weighted by molar-refractivity contribution is -0.557. The summed E-state index contributed by atoms with van der Waals surface area (Å²) in [5.41, 5.74) is -0.263. The first-order chi connectivity index (χ1) is 8.90. The number of hydrogen-bond donors (Lipinski definition) is 2. The smallest absolute Gasteiger partial charge is 0.303 e. The van der Waals surface area contributed by atoms with Gasteiger partial charge in [-0.2, -0.15) is 4.89 Å². The van der Waals surface area contributed by atoms with Crippen LogP contribution in [0.15, 0.2) is 0 Å². The molecule has 19 heavy (non-hydrogen) atoms. The van der Waals surface area contributed by atoms with Gasteiger partial charge in [0.15, 0.2) is 0 Å². The first-order valence-electron chi connectivity index (χ1n) is 6.97. The Kier molecular flexibility index (Phi) is 2.56. The van der Waals surface area contributed by atoms with E-state index in [2.05, 4.69) is 0 Å². The van der Waals surface area contributed by atoms with Crippen LogP contribution in [0.25, 0.3) is 0 Å². The predicted molar refractivity (Wildman–Crippen MR) is 63.5 cm³/mol. The summed E-state index contributed by atoms with van der Waals surface area (Å²) in [6.07, 6.45) is 6.61. The third kappa shape index (κ3) is 1.85. The van der Waals surface area contributed by atoms with Crippen LogP contribution in [0.2, 0.25) is 0 Å². The minimum Gasteiger partial charge on any atom is -0.303 e. The van der Waals surface area contributed by atoms with Crippen LogP contribution in [-0.2, 0) is 18.9 Å². The quantitative estimate of drug-likeness (QED) is 0.610. The number of phosphoric acid groups is 1. The van der Waals surface area contributed by atoms with Crippen molar-refractivity contribution in [1.29, 1.82) is 0 Å². The Morgan fingerprint density at radius 2 is 1.53 bits per heavy atom. The number of rotatable bonds is 3. The molecule has 5 fully saturated rings. The summed E-state index contributed by atoms with van der Waals surface area (Å²) >= 11 is 0. The van der Waals surface area contributed by atoms with Crippen LogP contribution in [0.1, 0.15) is 38.5 Å². The molecule has 7 heteroatoms. The Morgan fingerprint density at radius 1 is 1.05 bits per heavy atom. The minimum absolute atomic E-state index is 0.129. The molecule has 2 N–H and O–H groups in total. The molecule has 6 nitrogen and oxygen atoms in total. The second kappa shape index (κ2) is 3.81. The van der Waals surface area contributed by atoms with Crippen LogP contribution in [0.4, 0.5) is 0 Å². The molecule has 1 saturated heterocycles. The highest BCUT2D eigenvalue weighted by Gasteiger charge is 2.68. The van der Waals surface area contributed by atoms with Crippen molar-refractivity contribution in [3.63, 3.8) is 0 Å². The van der Waals surface area contributed by atoms with Crippen molar-refractivity contribution in [3.05, 3.63) is 0 Å². The van der Waals surface area contributed by atoms with Crippen molar-refractivity contribution in [2.24, 2.45) is 23.2 Å². The van der Waals surface area contributed by atoms with Crippen molar-refractivity contribution in [2.75, 3.05) is 6.61 Å². The molecule has 108 valence electrons. The highest BCUT2D eigenvalue weighted by atomic mass is 31.2. The number of hydrogen-bond acceptors (Lipinski definition) is 4. The van der Waals surface area contributed by atoms with Gasteiger partial charge in [0.25, 0.3) is 0 Å². The van der Waals surface area contributed by atoms with Crippen LogP contribution >= 0.6 is 7.82 Å². The molecule has 1 unspecified atom stereocenters. The van der Waals surface area contributed by atoms with Crippen molar-refractivity contribution in [3.8, 4) is 0 Å². The SMILES string of the molecule is O=P(O)(O)OC1(C23CC4CC(CC(C4)C2)C3)COO1. The van der Waals surface area contributed by atoms with Gasteiger partial charge < -0.3 is 9.79 Å². The fourth-order valence-electron chi connectivity index (χ4n) is 5.32. The highest BCUT2D eigenvalue weighted by molar-refractivity contribution is 7.46. The van der Waals surface area contributed by atoms with Gasteiger partial charge in [-0.3, -0.25) is 0 Å². The maximum absolute atomic E-state index is 11.3. The maximum atomic E-state index is 11.3. The molecule has 1 aliphatic heterocycles. The van der Waals surface area contributed by atoms with E-state index in [0.717, 1.165) is 19.3 Å². The summed E-state index contributed by atoms with van der Waals surface area (Å²) in [5, 5.41) is 0. The van der Waals surface area contributed by atoms with E-state index in [-0.39, 0.29) is 12.0 Å². The molecule has 0 aromatic rings. The van der Waals surface area contributed by atoms with Gasteiger partial charge in [-0.25, -0.2) is 14.0 Å². The molecule has 1 atom stereocenters. The second-order valence-corrected chi connectivity index (χ2v) is 8.04. The first-order valence-corrected chi connectivity index (χ1v) is 8.50. The summed E-state index contributed by atoms with van der Waals surface area (Å²) in [4.78, 5) is 28.3.